The summed E-state index contributed by atoms with van der Waals surface area (Å²) in [6.45, 7) is 7.15. The van der Waals surface area contributed by atoms with E-state index in [0.29, 0.717) is 12.5 Å². The summed E-state index contributed by atoms with van der Waals surface area (Å²) in [6, 6.07) is 0. The van der Waals surface area contributed by atoms with Crippen LogP contribution in [0.25, 0.3) is 0 Å². The Morgan fingerprint density at radius 2 is 2.32 bits per heavy atom. The zero-order valence-electron chi connectivity index (χ0n) is 11.6. The Hall–Kier alpha value is -0.790. The number of nitrogens with one attached hydrogen (secondary N) is 1. The van der Waals surface area contributed by atoms with Crippen molar-refractivity contribution < 1.29 is 9.53 Å². The fraction of sp³-hybridized carbons (Fsp3) is 0.692. The van der Waals surface area contributed by atoms with Gasteiger partial charge < -0.3 is 9.64 Å². The first-order chi connectivity index (χ1) is 8.87. The van der Waals surface area contributed by atoms with Gasteiger partial charge >= 0.3 is 6.09 Å². The predicted molar refractivity (Wildman–Crippen MR) is 81.1 cm³/mol. The highest BCUT2D eigenvalue weighted by atomic mass is 127. The van der Waals surface area contributed by atoms with Gasteiger partial charge in [-0.2, -0.15) is 5.10 Å². The first-order valence-corrected chi connectivity index (χ1v) is 7.61. The average Bonchev–Trinajstić information content (AvgIpc) is 2.73. The van der Waals surface area contributed by atoms with Gasteiger partial charge in [0.25, 0.3) is 0 Å². The van der Waals surface area contributed by atoms with Crippen molar-refractivity contribution in [1.82, 2.24) is 15.1 Å². The Morgan fingerprint density at radius 1 is 1.58 bits per heavy atom. The van der Waals surface area contributed by atoms with Crippen LogP contribution in [0.3, 0.4) is 0 Å². The summed E-state index contributed by atoms with van der Waals surface area (Å²) in [6.07, 6.45) is 3.69. The van der Waals surface area contributed by atoms with Gasteiger partial charge in [0.2, 0.25) is 0 Å². The first-order valence-electron chi connectivity index (χ1n) is 6.53. The van der Waals surface area contributed by atoms with Gasteiger partial charge in [0.15, 0.2) is 0 Å². The van der Waals surface area contributed by atoms with Crippen LogP contribution in [0.1, 0.15) is 45.2 Å². The Bertz CT molecular complexity index is 453. The summed E-state index contributed by atoms with van der Waals surface area (Å²) in [5.74, 6) is 0.329. The summed E-state index contributed by atoms with van der Waals surface area (Å²) in [7, 11) is 0. The number of H-pyrrole nitrogens is 1. The highest BCUT2D eigenvalue weighted by Crippen LogP contribution is 2.29. The number of ether oxygens (including phenoxy) is 1. The van der Waals surface area contributed by atoms with E-state index in [1.165, 1.54) is 0 Å². The predicted octanol–water partition coefficient (Wildman–Crippen LogP) is 3.13. The molecule has 1 amide bonds. The summed E-state index contributed by atoms with van der Waals surface area (Å²) in [5.41, 5.74) is 0.695. The number of likely N-dealkylation sites (tertiary alicyclic amines) is 1. The monoisotopic (exact) mass is 377 g/mol. The normalized spacial score (nSPS) is 20.4. The third kappa shape index (κ3) is 3.84. The van der Waals surface area contributed by atoms with Crippen LogP contribution >= 0.6 is 22.6 Å². The van der Waals surface area contributed by atoms with E-state index >= 15 is 0 Å². The van der Waals surface area contributed by atoms with Crippen LogP contribution < -0.4 is 0 Å². The van der Waals surface area contributed by atoms with Gasteiger partial charge in [0.05, 0.1) is 15.5 Å². The number of hydrogen-bond donors (Lipinski definition) is 1. The molecule has 0 aromatic carbocycles. The smallest absolute Gasteiger partial charge is 0.410 e. The molecule has 5 nitrogen and oxygen atoms in total. The lowest BCUT2D eigenvalue weighted by Gasteiger charge is -2.33. The fourth-order valence-electron chi connectivity index (χ4n) is 2.27. The van der Waals surface area contributed by atoms with Crippen molar-refractivity contribution in [2.24, 2.45) is 0 Å². The molecule has 1 unspecified atom stereocenters. The standard InChI is InChI=1S/C13H20IN3O2/c1-13(2,3)19-12(18)17-6-4-5-9(8-17)11-10(14)7-15-16-11/h7,9H,4-6,8H2,1-3H3,(H,15,16). The van der Waals surface area contributed by atoms with Crippen LogP contribution in [0, 0.1) is 3.57 Å². The molecule has 2 heterocycles. The van der Waals surface area contributed by atoms with Crippen molar-refractivity contribution in [1.29, 1.82) is 0 Å². The maximum atomic E-state index is 12.1. The van der Waals surface area contributed by atoms with E-state index in [1.54, 1.807) is 4.90 Å². The molecule has 1 saturated heterocycles. The number of carbonyl (C=O) groups is 1. The van der Waals surface area contributed by atoms with Crippen molar-refractivity contribution in [2.75, 3.05) is 13.1 Å². The summed E-state index contributed by atoms with van der Waals surface area (Å²) in [4.78, 5) is 13.9. The lowest BCUT2D eigenvalue weighted by Crippen LogP contribution is -2.42. The fourth-order valence-corrected chi connectivity index (χ4v) is 2.97. The highest BCUT2D eigenvalue weighted by molar-refractivity contribution is 14.1. The molecule has 1 N–H and O–H groups in total. The van der Waals surface area contributed by atoms with Gasteiger partial charge in [-0.25, -0.2) is 4.79 Å². The Morgan fingerprint density at radius 3 is 2.89 bits per heavy atom. The minimum Gasteiger partial charge on any atom is -0.444 e. The zero-order chi connectivity index (χ0) is 14.0. The molecule has 6 heteroatoms. The molecule has 0 aliphatic carbocycles. The maximum absolute atomic E-state index is 12.1. The zero-order valence-corrected chi connectivity index (χ0v) is 13.7. The van der Waals surface area contributed by atoms with Crippen LogP contribution in [-0.2, 0) is 4.74 Å². The van der Waals surface area contributed by atoms with Crippen LogP contribution in [0.2, 0.25) is 0 Å². The van der Waals surface area contributed by atoms with E-state index < -0.39 is 5.60 Å². The number of hydrogen-bond acceptors (Lipinski definition) is 3. The van der Waals surface area contributed by atoms with Gasteiger partial charge in [0, 0.05) is 19.0 Å². The van der Waals surface area contributed by atoms with Gasteiger partial charge in [0.1, 0.15) is 5.60 Å². The third-order valence-electron chi connectivity index (χ3n) is 3.10. The summed E-state index contributed by atoms with van der Waals surface area (Å²) < 4.78 is 6.57. The molecular formula is C13H20IN3O2. The highest BCUT2D eigenvalue weighted by Gasteiger charge is 2.29. The summed E-state index contributed by atoms with van der Waals surface area (Å²) >= 11 is 2.28. The van der Waals surface area contributed by atoms with E-state index in [4.69, 9.17) is 4.74 Å². The molecule has 1 aliphatic heterocycles. The van der Waals surface area contributed by atoms with E-state index in [1.807, 2.05) is 27.0 Å². The van der Waals surface area contributed by atoms with Crippen LogP contribution in [-0.4, -0.2) is 39.9 Å². The average molecular weight is 377 g/mol. The number of aromatic nitrogens is 2. The van der Waals surface area contributed by atoms with Gasteiger partial charge in [-0.05, 0) is 56.2 Å². The Labute approximate surface area is 127 Å². The van der Waals surface area contributed by atoms with E-state index in [9.17, 15) is 4.79 Å². The Balaban J connectivity index is 2.01. The molecule has 1 atom stereocenters. The van der Waals surface area contributed by atoms with Gasteiger partial charge in [-0.15, -0.1) is 0 Å². The summed E-state index contributed by atoms with van der Waals surface area (Å²) in [5, 5.41) is 7.11. The lowest BCUT2D eigenvalue weighted by atomic mass is 9.95. The lowest BCUT2D eigenvalue weighted by molar-refractivity contribution is 0.0197. The quantitative estimate of drug-likeness (QED) is 0.766. The number of nitrogens with zero attached hydrogens (tertiary/aromatic N) is 2. The van der Waals surface area contributed by atoms with Crippen molar-refractivity contribution >= 4 is 28.7 Å². The molecule has 19 heavy (non-hydrogen) atoms. The van der Waals surface area contributed by atoms with Gasteiger partial charge in [-0.1, -0.05) is 0 Å². The number of piperidine rings is 1. The molecule has 2 rings (SSSR count). The molecule has 0 bridgehead atoms. The second kappa shape index (κ2) is 5.68. The number of aromatic amines is 1. The van der Waals surface area contributed by atoms with Crippen molar-refractivity contribution in [2.45, 2.75) is 45.1 Å². The molecule has 1 aromatic rings. The first kappa shape index (κ1) is 14.6. The van der Waals surface area contributed by atoms with Crippen LogP contribution in [0.5, 0.6) is 0 Å². The molecule has 1 aliphatic rings. The SMILES string of the molecule is CC(C)(C)OC(=O)N1CCCC(c2[nH]ncc2I)C1. The number of amides is 1. The molecule has 106 valence electrons. The Kier molecular flexibility index (Phi) is 4.37. The number of rotatable bonds is 1. The molecule has 0 spiro atoms. The minimum absolute atomic E-state index is 0.216. The van der Waals surface area contributed by atoms with E-state index in [0.717, 1.165) is 28.7 Å². The molecule has 1 aromatic heterocycles. The molecular weight excluding hydrogens is 357 g/mol. The van der Waals surface area contributed by atoms with E-state index in [-0.39, 0.29) is 6.09 Å². The van der Waals surface area contributed by atoms with E-state index in [2.05, 4.69) is 32.8 Å². The van der Waals surface area contributed by atoms with Crippen LogP contribution in [0.4, 0.5) is 4.79 Å². The van der Waals surface area contributed by atoms with Crippen molar-refractivity contribution in [3.05, 3.63) is 15.5 Å². The largest absolute Gasteiger partial charge is 0.444 e. The number of halogens is 1. The third-order valence-corrected chi connectivity index (χ3v) is 3.96. The minimum atomic E-state index is -0.438. The molecule has 1 fully saturated rings. The second-order valence-corrected chi connectivity index (χ2v) is 7.06. The number of carbonyl (C=O) groups excluding carboxylic acids is 1. The van der Waals surface area contributed by atoms with Gasteiger partial charge in [-0.3, -0.25) is 5.10 Å². The van der Waals surface area contributed by atoms with Crippen molar-refractivity contribution in [3.8, 4) is 0 Å². The van der Waals surface area contributed by atoms with Crippen LogP contribution in [0.15, 0.2) is 6.20 Å². The van der Waals surface area contributed by atoms with Crippen molar-refractivity contribution in [3.63, 3.8) is 0 Å². The topological polar surface area (TPSA) is 58.2 Å². The second-order valence-electron chi connectivity index (χ2n) is 5.90. The molecule has 0 saturated carbocycles. The maximum Gasteiger partial charge on any atom is 0.410 e. The molecule has 0 radical (unpaired) electrons.